The number of carbonyl (C=O) groups is 2. The summed E-state index contributed by atoms with van der Waals surface area (Å²) in [6.07, 6.45) is 1.81. The second kappa shape index (κ2) is 6.95. The normalized spacial score (nSPS) is 15.5. The molecule has 0 fully saturated rings. The Morgan fingerprint density at radius 2 is 1.77 bits per heavy atom. The van der Waals surface area contributed by atoms with Crippen LogP contribution in [0.4, 0.5) is 0 Å². The molecular weight excluding hydrogens is 276 g/mol. The number of carbonyl (C=O) groups excluding carboxylic acids is 2. The SMILES string of the molecule is CCN(C(=O)[C@@H](NC(C)=O)C(C)C)C1Cc2ccccc2C1. The molecule has 0 aromatic heterocycles. The van der Waals surface area contributed by atoms with E-state index in [9.17, 15) is 9.59 Å². The summed E-state index contributed by atoms with van der Waals surface area (Å²) in [7, 11) is 0. The molecular formula is C18H26N2O2. The van der Waals surface area contributed by atoms with Gasteiger partial charge >= 0.3 is 0 Å². The van der Waals surface area contributed by atoms with Crippen molar-refractivity contribution in [2.45, 2.75) is 52.6 Å². The Labute approximate surface area is 132 Å². The average Bonchev–Trinajstić information content (AvgIpc) is 2.88. The molecule has 0 unspecified atom stereocenters. The van der Waals surface area contributed by atoms with E-state index in [4.69, 9.17) is 0 Å². The number of nitrogens with zero attached hydrogens (tertiary/aromatic N) is 1. The van der Waals surface area contributed by atoms with Gasteiger partial charge < -0.3 is 10.2 Å². The predicted molar refractivity (Wildman–Crippen MR) is 87.5 cm³/mol. The van der Waals surface area contributed by atoms with Crippen LogP contribution in [-0.4, -0.2) is 35.3 Å². The van der Waals surface area contributed by atoms with Crippen molar-refractivity contribution in [2.75, 3.05) is 6.54 Å². The Morgan fingerprint density at radius 1 is 1.23 bits per heavy atom. The van der Waals surface area contributed by atoms with E-state index in [0.29, 0.717) is 6.54 Å². The second-order valence-corrected chi connectivity index (χ2v) is 6.38. The van der Waals surface area contributed by atoms with Crippen molar-refractivity contribution in [3.63, 3.8) is 0 Å². The first-order valence-electron chi connectivity index (χ1n) is 8.08. The minimum Gasteiger partial charge on any atom is -0.344 e. The standard InChI is InChI=1S/C18H26N2O2/c1-5-20(18(22)17(12(2)3)19-13(4)21)16-10-14-8-6-7-9-15(14)11-16/h6-9,12,16-17H,5,10-11H2,1-4H3,(H,19,21)/t17-/m0/s1. The molecule has 1 aliphatic rings. The number of fused-ring (bicyclic) bond motifs is 1. The van der Waals surface area contributed by atoms with Crippen molar-refractivity contribution in [1.82, 2.24) is 10.2 Å². The summed E-state index contributed by atoms with van der Waals surface area (Å²) < 4.78 is 0. The van der Waals surface area contributed by atoms with Crippen molar-refractivity contribution in [3.05, 3.63) is 35.4 Å². The van der Waals surface area contributed by atoms with Crippen LogP contribution < -0.4 is 5.32 Å². The molecule has 2 amide bonds. The Bertz CT molecular complexity index is 529. The molecule has 1 aliphatic carbocycles. The van der Waals surface area contributed by atoms with E-state index in [-0.39, 0.29) is 23.8 Å². The van der Waals surface area contributed by atoms with Crippen molar-refractivity contribution < 1.29 is 9.59 Å². The molecule has 4 nitrogen and oxygen atoms in total. The van der Waals surface area contributed by atoms with Crippen molar-refractivity contribution in [3.8, 4) is 0 Å². The molecule has 1 N–H and O–H groups in total. The lowest BCUT2D eigenvalue weighted by molar-refractivity contribution is -0.139. The van der Waals surface area contributed by atoms with Gasteiger partial charge in [-0.2, -0.15) is 0 Å². The number of hydrogen-bond donors (Lipinski definition) is 1. The van der Waals surface area contributed by atoms with Crippen LogP contribution in [0.5, 0.6) is 0 Å². The number of rotatable bonds is 5. The first-order valence-corrected chi connectivity index (χ1v) is 8.08. The summed E-state index contributed by atoms with van der Waals surface area (Å²) in [5.74, 6) is -0.0439. The highest BCUT2D eigenvalue weighted by molar-refractivity contribution is 5.87. The molecule has 0 saturated carbocycles. The Balaban J connectivity index is 2.14. The zero-order chi connectivity index (χ0) is 16.3. The molecule has 0 radical (unpaired) electrons. The topological polar surface area (TPSA) is 49.4 Å². The third-order valence-electron chi connectivity index (χ3n) is 4.39. The number of amides is 2. The number of hydrogen-bond acceptors (Lipinski definition) is 2. The van der Waals surface area contributed by atoms with Gasteiger partial charge in [0.2, 0.25) is 11.8 Å². The lowest BCUT2D eigenvalue weighted by atomic mass is 10.0. The maximum Gasteiger partial charge on any atom is 0.245 e. The Hall–Kier alpha value is -1.84. The quantitative estimate of drug-likeness (QED) is 0.906. The molecule has 1 atom stereocenters. The van der Waals surface area contributed by atoms with E-state index < -0.39 is 6.04 Å². The van der Waals surface area contributed by atoms with Crippen LogP contribution in [-0.2, 0) is 22.4 Å². The van der Waals surface area contributed by atoms with Crippen molar-refractivity contribution in [1.29, 1.82) is 0 Å². The van der Waals surface area contributed by atoms with Crippen LogP contribution in [0.25, 0.3) is 0 Å². The van der Waals surface area contributed by atoms with E-state index in [2.05, 4.69) is 17.4 Å². The highest BCUT2D eigenvalue weighted by Gasteiger charge is 2.34. The lowest BCUT2D eigenvalue weighted by Gasteiger charge is -2.33. The highest BCUT2D eigenvalue weighted by atomic mass is 16.2. The van der Waals surface area contributed by atoms with Gasteiger partial charge in [-0.25, -0.2) is 0 Å². The van der Waals surface area contributed by atoms with Crippen LogP contribution in [0.2, 0.25) is 0 Å². The van der Waals surface area contributed by atoms with E-state index in [1.54, 1.807) is 0 Å². The summed E-state index contributed by atoms with van der Waals surface area (Å²) in [5, 5.41) is 2.81. The minimum absolute atomic E-state index is 0.0329. The van der Waals surface area contributed by atoms with Gasteiger partial charge in [0.05, 0.1) is 0 Å². The average molecular weight is 302 g/mol. The Morgan fingerprint density at radius 3 is 2.18 bits per heavy atom. The predicted octanol–water partition coefficient (Wildman–Crippen LogP) is 2.16. The minimum atomic E-state index is -0.443. The van der Waals surface area contributed by atoms with Gasteiger partial charge in [0.25, 0.3) is 0 Å². The van der Waals surface area contributed by atoms with Crippen LogP contribution in [0, 0.1) is 5.92 Å². The van der Waals surface area contributed by atoms with Gasteiger partial charge in [-0.1, -0.05) is 38.1 Å². The molecule has 0 spiro atoms. The summed E-state index contributed by atoms with van der Waals surface area (Å²) in [6.45, 7) is 8.07. The fraction of sp³-hybridized carbons (Fsp3) is 0.556. The van der Waals surface area contributed by atoms with Gasteiger partial charge in [-0.3, -0.25) is 9.59 Å². The van der Waals surface area contributed by atoms with Gasteiger partial charge in [0, 0.05) is 19.5 Å². The number of likely N-dealkylation sites (N-methyl/N-ethyl adjacent to an activating group) is 1. The zero-order valence-electron chi connectivity index (χ0n) is 13.9. The Kier molecular flexibility index (Phi) is 5.22. The highest BCUT2D eigenvalue weighted by Crippen LogP contribution is 2.26. The van der Waals surface area contributed by atoms with Gasteiger partial charge in [-0.05, 0) is 36.8 Å². The van der Waals surface area contributed by atoms with E-state index in [1.165, 1.54) is 18.1 Å². The molecule has 22 heavy (non-hydrogen) atoms. The fourth-order valence-corrected chi connectivity index (χ4v) is 3.26. The molecule has 0 aliphatic heterocycles. The number of benzene rings is 1. The fourth-order valence-electron chi connectivity index (χ4n) is 3.26. The summed E-state index contributed by atoms with van der Waals surface area (Å²) in [6, 6.07) is 8.13. The molecule has 0 bridgehead atoms. The van der Waals surface area contributed by atoms with Crippen molar-refractivity contribution >= 4 is 11.8 Å². The van der Waals surface area contributed by atoms with Gasteiger partial charge in [-0.15, -0.1) is 0 Å². The van der Waals surface area contributed by atoms with E-state index >= 15 is 0 Å². The smallest absolute Gasteiger partial charge is 0.245 e. The van der Waals surface area contributed by atoms with Crippen LogP contribution in [0.1, 0.15) is 38.8 Å². The molecule has 4 heteroatoms. The third kappa shape index (κ3) is 3.49. The first kappa shape index (κ1) is 16.5. The number of nitrogens with one attached hydrogen (secondary N) is 1. The summed E-state index contributed by atoms with van der Waals surface area (Å²) in [4.78, 5) is 26.2. The first-order chi connectivity index (χ1) is 10.4. The van der Waals surface area contributed by atoms with Crippen LogP contribution >= 0.6 is 0 Å². The molecule has 120 valence electrons. The van der Waals surface area contributed by atoms with E-state index in [0.717, 1.165) is 12.8 Å². The maximum absolute atomic E-state index is 12.9. The van der Waals surface area contributed by atoms with E-state index in [1.807, 2.05) is 37.8 Å². The second-order valence-electron chi connectivity index (χ2n) is 6.38. The summed E-state index contributed by atoms with van der Waals surface area (Å²) >= 11 is 0. The van der Waals surface area contributed by atoms with Gasteiger partial charge in [0.15, 0.2) is 0 Å². The molecule has 0 saturated heterocycles. The summed E-state index contributed by atoms with van der Waals surface area (Å²) in [5.41, 5.74) is 2.67. The molecule has 0 heterocycles. The third-order valence-corrected chi connectivity index (χ3v) is 4.39. The molecule has 2 rings (SSSR count). The lowest BCUT2D eigenvalue weighted by Crippen LogP contribution is -2.53. The van der Waals surface area contributed by atoms with Crippen LogP contribution in [0.3, 0.4) is 0 Å². The largest absolute Gasteiger partial charge is 0.344 e. The van der Waals surface area contributed by atoms with Crippen molar-refractivity contribution in [2.24, 2.45) is 5.92 Å². The molecule has 1 aromatic carbocycles. The molecule has 1 aromatic rings. The van der Waals surface area contributed by atoms with Gasteiger partial charge in [0.1, 0.15) is 6.04 Å². The maximum atomic E-state index is 12.9. The van der Waals surface area contributed by atoms with Crippen LogP contribution in [0.15, 0.2) is 24.3 Å². The monoisotopic (exact) mass is 302 g/mol. The zero-order valence-corrected chi connectivity index (χ0v) is 13.9.